The van der Waals surface area contributed by atoms with E-state index in [0.717, 1.165) is 45.5 Å². The maximum absolute atomic E-state index is 12.4. The number of amides is 1. The molecule has 3 aromatic carbocycles. The molecule has 1 amide bonds. The molecule has 4 aromatic rings. The highest BCUT2D eigenvalue weighted by Gasteiger charge is 2.07. The lowest BCUT2D eigenvalue weighted by Crippen LogP contribution is -2.24. The summed E-state index contributed by atoms with van der Waals surface area (Å²) in [5.74, 6) is 1.67. The summed E-state index contributed by atoms with van der Waals surface area (Å²) in [6.07, 6.45) is 1.61. The number of aromatic amines is 1. The number of aromatic nitrogens is 2. The summed E-state index contributed by atoms with van der Waals surface area (Å²) in [5, 5.41) is 2.97. The number of nitrogens with one attached hydrogen (secondary N) is 2. The molecule has 0 aliphatic carbocycles. The van der Waals surface area contributed by atoms with Crippen LogP contribution in [0.1, 0.15) is 28.2 Å². The molecule has 0 atom stereocenters. The summed E-state index contributed by atoms with van der Waals surface area (Å²) in [7, 11) is 0. The molecule has 6 heteroatoms. The van der Waals surface area contributed by atoms with Crippen LogP contribution >= 0.6 is 15.9 Å². The van der Waals surface area contributed by atoms with Crippen molar-refractivity contribution in [3.8, 4) is 5.75 Å². The van der Waals surface area contributed by atoms with E-state index in [4.69, 9.17) is 4.74 Å². The van der Waals surface area contributed by atoms with Gasteiger partial charge in [0.2, 0.25) is 0 Å². The van der Waals surface area contributed by atoms with Gasteiger partial charge in [0.05, 0.1) is 15.5 Å². The molecule has 0 saturated carbocycles. The van der Waals surface area contributed by atoms with Crippen LogP contribution in [0.2, 0.25) is 0 Å². The minimum atomic E-state index is -0.0714. The van der Waals surface area contributed by atoms with Gasteiger partial charge in [0.15, 0.2) is 0 Å². The number of halogens is 1. The van der Waals surface area contributed by atoms with Crippen molar-refractivity contribution < 1.29 is 9.53 Å². The van der Waals surface area contributed by atoms with Crippen molar-refractivity contribution >= 4 is 32.9 Å². The molecule has 0 aliphatic heterocycles. The first-order chi connectivity index (χ1) is 14.7. The van der Waals surface area contributed by atoms with E-state index in [-0.39, 0.29) is 5.91 Å². The second-order valence-electron chi connectivity index (χ2n) is 6.98. The number of H-pyrrole nitrogens is 1. The first-order valence-electron chi connectivity index (χ1n) is 9.87. The van der Waals surface area contributed by atoms with Crippen LogP contribution in [0.5, 0.6) is 5.75 Å². The lowest BCUT2D eigenvalue weighted by Gasteiger charge is -2.09. The van der Waals surface area contributed by atoms with Gasteiger partial charge in [-0.15, -0.1) is 0 Å². The Morgan fingerprint density at radius 3 is 2.57 bits per heavy atom. The largest absolute Gasteiger partial charge is 0.488 e. The number of hydrogen-bond donors (Lipinski definition) is 2. The fourth-order valence-electron chi connectivity index (χ4n) is 3.16. The van der Waals surface area contributed by atoms with Crippen molar-refractivity contribution in [1.29, 1.82) is 0 Å². The normalized spacial score (nSPS) is 10.8. The molecule has 1 heterocycles. The lowest BCUT2D eigenvalue weighted by molar-refractivity contribution is 0.0953. The number of rotatable bonds is 8. The molecule has 5 nitrogen and oxygen atoms in total. The maximum Gasteiger partial charge on any atom is 0.251 e. The Balaban J connectivity index is 1.23. The number of aryl methyl sites for hydroxylation is 1. The molecule has 0 bridgehead atoms. The highest BCUT2D eigenvalue weighted by molar-refractivity contribution is 9.10. The van der Waals surface area contributed by atoms with E-state index < -0.39 is 0 Å². The van der Waals surface area contributed by atoms with Gasteiger partial charge in [0.25, 0.3) is 5.91 Å². The Hall–Kier alpha value is -3.12. The molecule has 0 spiro atoms. The molecule has 30 heavy (non-hydrogen) atoms. The Morgan fingerprint density at radius 1 is 1.00 bits per heavy atom. The van der Waals surface area contributed by atoms with Gasteiger partial charge >= 0.3 is 0 Å². The third-order valence-corrected chi connectivity index (χ3v) is 5.42. The summed E-state index contributed by atoms with van der Waals surface area (Å²) < 4.78 is 6.73. The quantitative estimate of drug-likeness (QED) is 0.350. The van der Waals surface area contributed by atoms with Crippen LogP contribution < -0.4 is 10.1 Å². The minimum Gasteiger partial charge on any atom is -0.488 e. The number of benzene rings is 3. The Kier molecular flexibility index (Phi) is 6.44. The average Bonchev–Trinajstić information content (AvgIpc) is 3.19. The van der Waals surface area contributed by atoms with E-state index in [1.54, 1.807) is 0 Å². The highest BCUT2D eigenvalue weighted by atomic mass is 79.9. The predicted molar refractivity (Wildman–Crippen MR) is 122 cm³/mol. The van der Waals surface area contributed by atoms with Gasteiger partial charge in [-0.2, -0.15) is 0 Å². The first kappa shape index (κ1) is 20.2. The van der Waals surface area contributed by atoms with Gasteiger partial charge in [-0.1, -0.05) is 36.4 Å². The van der Waals surface area contributed by atoms with Crippen molar-refractivity contribution in [2.75, 3.05) is 6.54 Å². The SMILES string of the molecule is O=C(NCCCc1nc2ccccc2[nH]1)c1ccc(COc2ccccc2Br)cc1. The van der Waals surface area contributed by atoms with Gasteiger partial charge in [-0.25, -0.2) is 4.98 Å². The third kappa shape index (κ3) is 5.07. The van der Waals surface area contributed by atoms with E-state index >= 15 is 0 Å². The number of para-hydroxylation sites is 3. The maximum atomic E-state index is 12.4. The average molecular weight is 464 g/mol. The summed E-state index contributed by atoms with van der Waals surface area (Å²) in [4.78, 5) is 20.2. The molecule has 152 valence electrons. The minimum absolute atomic E-state index is 0.0714. The molecule has 0 saturated heterocycles. The fraction of sp³-hybridized carbons (Fsp3) is 0.167. The number of hydrogen-bond acceptors (Lipinski definition) is 3. The van der Waals surface area contributed by atoms with Crippen LogP contribution in [0.3, 0.4) is 0 Å². The second-order valence-corrected chi connectivity index (χ2v) is 7.83. The van der Waals surface area contributed by atoms with Gasteiger partial charge in [-0.3, -0.25) is 4.79 Å². The van der Waals surface area contributed by atoms with Gasteiger partial charge in [-0.05, 0) is 64.3 Å². The van der Waals surface area contributed by atoms with E-state index in [1.807, 2.05) is 72.8 Å². The summed E-state index contributed by atoms with van der Waals surface area (Å²) >= 11 is 3.47. The number of nitrogens with zero attached hydrogens (tertiary/aromatic N) is 1. The zero-order valence-corrected chi connectivity index (χ0v) is 18.0. The summed E-state index contributed by atoms with van der Waals surface area (Å²) in [6.45, 7) is 1.05. The molecule has 2 N–H and O–H groups in total. The number of ether oxygens (including phenoxy) is 1. The Bertz CT molecular complexity index is 1110. The summed E-state index contributed by atoms with van der Waals surface area (Å²) in [6, 6.07) is 23.2. The zero-order chi connectivity index (χ0) is 20.8. The standard InChI is InChI=1S/C24H22BrN3O2/c25-19-6-1-4-9-22(19)30-16-17-11-13-18(14-12-17)24(29)26-15-5-10-23-27-20-7-2-3-8-21(20)28-23/h1-4,6-9,11-14H,5,10,15-16H2,(H,26,29)(H,27,28). The predicted octanol–water partition coefficient (Wildman–Crippen LogP) is 5.27. The molecular weight excluding hydrogens is 442 g/mol. The van der Waals surface area contributed by atoms with E-state index in [2.05, 4.69) is 31.2 Å². The van der Waals surface area contributed by atoms with Crippen molar-refractivity contribution in [2.45, 2.75) is 19.4 Å². The van der Waals surface area contributed by atoms with Crippen molar-refractivity contribution in [1.82, 2.24) is 15.3 Å². The highest BCUT2D eigenvalue weighted by Crippen LogP contribution is 2.24. The molecule has 0 aliphatic rings. The number of imidazole rings is 1. The number of carbonyl (C=O) groups is 1. The molecule has 0 radical (unpaired) electrons. The molecular formula is C24H22BrN3O2. The van der Waals surface area contributed by atoms with Crippen LogP contribution in [-0.2, 0) is 13.0 Å². The molecule has 1 aromatic heterocycles. The van der Waals surface area contributed by atoms with Crippen LogP contribution in [-0.4, -0.2) is 22.4 Å². The lowest BCUT2D eigenvalue weighted by atomic mass is 10.1. The smallest absolute Gasteiger partial charge is 0.251 e. The Labute approximate surface area is 183 Å². The zero-order valence-electron chi connectivity index (χ0n) is 16.4. The number of carbonyl (C=O) groups excluding carboxylic acids is 1. The Morgan fingerprint density at radius 2 is 1.77 bits per heavy atom. The van der Waals surface area contributed by atoms with Gasteiger partial charge < -0.3 is 15.0 Å². The second kappa shape index (κ2) is 9.59. The van der Waals surface area contributed by atoms with Crippen LogP contribution in [0.25, 0.3) is 11.0 Å². The fourth-order valence-corrected chi connectivity index (χ4v) is 3.56. The van der Waals surface area contributed by atoms with Crippen molar-refractivity contribution in [2.24, 2.45) is 0 Å². The van der Waals surface area contributed by atoms with Gasteiger partial charge in [0, 0.05) is 18.5 Å². The van der Waals surface area contributed by atoms with Crippen LogP contribution in [0, 0.1) is 0 Å². The molecule has 0 unspecified atom stereocenters. The van der Waals surface area contributed by atoms with Crippen molar-refractivity contribution in [3.63, 3.8) is 0 Å². The van der Waals surface area contributed by atoms with Crippen LogP contribution in [0.15, 0.2) is 77.3 Å². The summed E-state index contributed by atoms with van der Waals surface area (Å²) in [5.41, 5.74) is 3.66. The topological polar surface area (TPSA) is 67.0 Å². The van der Waals surface area contributed by atoms with E-state index in [9.17, 15) is 4.79 Å². The third-order valence-electron chi connectivity index (χ3n) is 4.76. The monoisotopic (exact) mass is 463 g/mol. The molecule has 0 fully saturated rings. The number of fused-ring (bicyclic) bond motifs is 1. The first-order valence-corrected chi connectivity index (χ1v) is 10.7. The van der Waals surface area contributed by atoms with E-state index in [0.29, 0.717) is 18.7 Å². The van der Waals surface area contributed by atoms with Gasteiger partial charge in [0.1, 0.15) is 18.2 Å². The van der Waals surface area contributed by atoms with E-state index in [1.165, 1.54) is 0 Å². The molecule has 4 rings (SSSR count). The van der Waals surface area contributed by atoms with Crippen molar-refractivity contribution in [3.05, 3.63) is 94.2 Å². The van der Waals surface area contributed by atoms with Crippen LogP contribution in [0.4, 0.5) is 0 Å².